The number of fused-ring (bicyclic) bond motifs is 3. The quantitative estimate of drug-likeness (QED) is 0.130. The van der Waals surface area contributed by atoms with Crippen LogP contribution in [0.15, 0.2) is 10.5 Å². The number of ether oxygens (including phenoxy) is 1. The number of hydrogen-bond acceptors (Lipinski definition) is 12. The fourth-order valence-electron chi connectivity index (χ4n) is 4.04. The lowest BCUT2D eigenvalue weighted by atomic mass is 9.84. The Morgan fingerprint density at radius 1 is 1.41 bits per heavy atom. The van der Waals surface area contributed by atoms with Crippen molar-refractivity contribution in [1.29, 1.82) is 0 Å². The molecule has 1 aromatic rings. The molecule has 3 aliphatic heterocycles. The van der Waals surface area contributed by atoms with E-state index in [9.17, 15) is 33.3 Å². The number of aromatic nitrogens is 1. The fourth-order valence-corrected chi connectivity index (χ4v) is 6.56. The molecule has 1 aromatic heterocycles. The lowest BCUT2D eigenvalue weighted by molar-refractivity contribution is -0.239. The maximum absolute atomic E-state index is 13.0. The van der Waals surface area contributed by atoms with E-state index in [-0.39, 0.29) is 29.4 Å². The number of aliphatic carboxylic acids is 2. The van der Waals surface area contributed by atoms with Gasteiger partial charge >= 0.3 is 17.9 Å². The van der Waals surface area contributed by atoms with Gasteiger partial charge in [0.1, 0.15) is 17.1 Å². The number of nitrogens with zero attached hydrogens (tertiary/aromatic N) is 3. The van der Waals surface area contributed by atoms with Crippen LogP contribution in [0.4, 0.5) is 5.13 Å². The summed E-state index contributed by atoms with van der Waals surface area (Å²) in [4.78, 5) is 69.8. The Kier molecular flexibility index (Phi) is 5.98. The van der Waals surface area contributed by atoms with Crippen LogP contribution in [0, 0.1) is 5.92 Å². The molecule has 3 fully saturated rings. The summed E-state index contributed by atoms with van der Waals surface area (Å²) < 4.78 is 18.0. The first-order chi connectivity index (χ1) is 16.1. The lowest BCUT2D eigenvalue weighted by Gasteiger charge is -2.59. The molecule has 0 radical (unpaired) electrons. The van der Waals surface area contributed by atoms with Crippen LogP contribution in [0.2, 0.25) is 0 Å². The van der Waals surface area contributed by atoms with Crippen molar-refractivity contribution >= 4 is 62.7 Å². The molecule has 182 valence electrons. The van der Waals surface area contributed by atoms with Gasteiger partial charge < -0.3 is 30.8 Å². The standard InChI is InChI=1S/C17H17N5O10S2/c18-16-19-7(4-33-16)10(21-31-3-8(23)24)12(26)20-11-13(27)22-14(11)34(30)5-6-1-2-9(25)32-17(6,22)15(28)29/h4,6,11,14H,1-3,5H2,(H2,18,19)(H,20,26)(H,23,24)(H,28,29)/b21-10-/t6-,11+,14+,17+,34-/m0/s1. The number of thiazole rings is 1. The molecule has 4 rings (SSSR count). The molecule has 5 N–H and O–H groups in total. The molecule has 34 heavy (non-hydrogen) atoms. The van der Waals surface area contributed by atoms with Crippen molar-refractivity contribution in [3.63, 3.8) is 0 Å². The van der Waals surface area contributed by atoms with Crippen molar-refractivity contribution in [3.05, 3.63) is 11.1 Å². The first-order valence-corrected chi connectivity index (χ1v) is 11.9. The second kappa shape index (κ2) is 8.64. The highest BCUT2D eigenvalue weighted by molar-refractivity contribution is 7.85. The van der Waals surface area contributed by atoms with Crippen molar-refractivity contribution in [2.45, 2.75) is 30.0 Å². The van der Waals surface area contributed by atoms with Gasteiger partial charge in [-0.15, -0.1) is 11.3 Å². The minimum absolute atomic E-state index is 0.0675. The van der Waals surface area contributed by atoms with Crippen molar-refractivity contribution in [2.75, 3.05) is 18.1 Å². The van der Waals surface area contributed by atoms with Crippen LogP contribution in [-0.2, 0) is 44.3 Å². The minimum atomic E-state index is -2.31. The summed E-state index contributed by atoms with van der Waals surface area (Å²) in [6, 6.07) is -1.42. The maximum Gasteiger partial charge on any atom is 0.370 e. The summed E-state index contributed by atoms with van der Waals surface area (Å²) in [6.45, 7) is -0.868. The highest BCUT2D eigenvalue weighted by Crippen LogP contribution is 2.46. The van der Waals surface area contributed by atoms with Gasteiger partial charge in [0.05, 0.1) is 0 Å². The highest BCUT2D eigenvalue weighted by atomic mass is 32.2. The third-order valence-electron chi connectivity index (χ3n) is 5.47. The Morgan fingerprint density at radius 2 is 2.15 bits per heavy atom. The van der Waals surface area contributed by atoms with Gasteiger partial charge in [-0.1, -0.05) is 5.16 Å². The van der Waals surface area contributed by atoms with Crippen molar-refractivity contribution in [3.8, 4) is 0 Å². The summed E-state index contributed by atoms with van der Waals surface area (Å²) in [7, 11) is -1.78. The molecule has 0 saturated carbocycles. The van der Waals surface area contributed by atoms with E-state index in [1.54, 1.807) is 0 Å². The number of carbonyl (C=O) groups is 5. The van der Waals surface area contributed by atoms with Crippen LogP contribution in [0.25, 0.3) is 0 Å². The predicted molar refractivity (Wildman–Crippen MR) is 111 cm³/mol. The summed E-state index contributed by atoms with van der Waals surface area (Å²) in [6.07, 6.45) is 0.00403. The first-order valence-electron chi connectivity index (χ1n) is 9.65. The number of rotatable bonds is 7. The summed E-state index contributed by atoms with van der Waals surface area (Å²) in [5.74, 6) is -6.73. The molecule has 0 unspecified atom stereocenters. The lowest BCUT2D eigenvalue weighted by Crippen LogP contribution is -2.84. The number of oxime groups is 1. The molecule has 17 heteroatoms. The zero-order valence-corrected chi connectivity index (χ0v) is 18.7. The molecule has 0 aliphatic carbocycles. The smallest absolute Gasteiger partial charge is 0.370 e. The van der Waals surface area contributed by atoms with Crippen LogP contribution in [-0.4, -0.2) is 89.2 Å². The van der Waals surface area contributed by atoms with Crippen molar-refractivity contribution in [2.24, 2.45) is 11.1 Å². The second-order valence-electron chi connectivity index (χ2n) is 7.49. The molecule has 4 heterocycles. The largest absolute Gasteiger partial charge is 0.479 e. The van der Waals surface area contributed by atoms with Crippen LogP contribution in [0.1, 0.15) is 18.5 Å². The number of nitrogens with one attached hydrogen (secondary N) is 1. The number of nitrogen functional groups attached to an aromatic ring is 1. The number of carboxylic acid groups (broad SMARTS) is 2. The molecule has 3 saturated heterocycles. The Balaban J connectivity index is 1.59. The third kappa shape index (κ3) is 3.75. The monoisotopic (exact) mass is 515 g/mol. The summed E-state index contributed by atoms with van der Waals surface area (Å²) in [5, 5.41) is 24.5. The van der Waals surface area contributed by atoms with E-state index in [0.29, 0.717) is 0 Å². The van der Waals surface area contributed by atoms with Gasteiger partial charge in [0.25, 0.3) is 17.5 Å². The van der Waals surface area contributed by atoms with Gasteiger partial charge in [-0.2, -0.15) is 0 Å². The Labute approximate surface area is 196 Å². The minimum Gasteiger partial charge on any atom is -0.479 e. The topological polar surface area (TPSA) is 228 Å². The number of β-lactam (4-membered cyclic amide) rings is 1. The van der Waals surface area contributed by atoms with E-state index in [1.807, 2.05) is 0 Å². The predicted octanol–water partition coefficient (Wildman–Crippen LogP) is -2.32. The third-order valence-corrected chi connectivity index (χ3v) is 7.90. The zero-order chi connectivity index (χ0) is 24.8. The van der Waals surface area contributed by atoms with Crippen LogP contribution in [0.5, 0.6) is 0 Å². The molecule has 5 atom stereocenters. The number of esters is 1. The van der Waals surface area contributed by atoms with Crippen LogP contribution < -0.4 is 11.1 Å². The van der Waals surface area contributed by atoms with E-state index < -0.39 is 75.9 Å². The average Bonchev–Trinajstić information content (AvgIpc) is 3.19. The number of carbonyl (C=O) groups excluding carboxylic acids is 3. The Morgan fingerprint density at radius 3 is 2.76 bits per heavy atom. The Hall–Kier alpha value is -3.60. The van der Waals surface area contributed by atoms with Crippen LogP contribution >= 0.6 is 11.3 Å². The summed E-state index contributed by atoms with van der Waals surface area (Å²) in [5.41, 5.74) is 2.69. The molecular formula is C17H17N5O10S2. The van der Waals surface area contributed by atoms with Gasteiger partial charge in [-0.05, 0) is 6.42 Å². The molecule has 0 bridgehead atoms. The number of carboxylic acids is 2. The molecule has 0 spiro atoms. The molecule has 3 aliphatic rings. The number of amides is 2. The van der Waals surface area contributed by atoms with Gasteiger partial charge in [0.2, 0.25) is 6.61 Å². The van der Waals surface area contributed by atoms with E-state index in [0.717, 1.165) is 16.2 Å². The molecule has 2 amide bonds. The average molecular weight is 515 g/mol. The van der Waals surface area contributed by atoms with E-state index in [2.05, 4.69) is 20.3 Å². The Bertz CT molecular complexity index is 1150. The number of anilines is 1. The molecule has 0 aromatic carbocycles. The van der Waals surface area contributed by atoms with Crippen molar-refractivity contribution in [1.82, 2.24) is 15.2 Å². The second-order valence-corrected chi connectivity index (χ2v) is 9.95. The van der Waals surface area contributed by atoms with E-state index >= 15 is 0 Å². The number of nitrogens with two attached hydrogens (primary N) is 1. The molecular weight excluding hydrogens is 498 g/mol. The maximum atomic E-state index is 13.0. The normalized spacial score (nSPS) is 30.4. The molecule has 15 nitrogen and oxygen atoms in total. The van der Waals surface area contributed by atoms with Gasteiger partial charge in [-0.3, -0.25) is 23.5 Å². The highest BCUT2D eigenvalue weighted by Gasteiger charge is 2.71. The van der Waals surface area contributed by atoms with Crippen molar-refractivity contribution < 1.29 is 48.0 Å². The fraction of sp³-hybridized carbons (Fsp3) is 0.471. The van der Waals surface area contributed by atoms with Gasteiger partial charge in [0.15, 0.2) is 10.8 Å². The zero-order valence-electron chi connectivity index (χ0n) is 17.0. The first kappa shape index (κ1) is 23.6. The van der Waals surface area contributed by atoms with E-state index in [1.165, 1.54) is 5.38 Å². The SMILES string of the molecule is Nc1nc(/C(=N/OCC(=O)O)C(=O)N[C@@H]2C(=O)N3[C@@H]2[S@@](=O)C[C@@H]2CCC(=O)O[C@@]23C(=O)O)cs1. The van der Waals surface area contributed by atoms with Gasteiger partial charge in [0, 0.05) is 34.3 Å². The summed E-state index contributed by atoms with van der Waals surface area (Å²) >= 11 is 0.959. The number of hydrogen-bond donors (Lipinski definition) is 4. The van der Waals surface area contributed by atoms with Crippen LogP contribution in [0.3, 0.4) is 0 Å². The van der Waals surface area contributed by atoms with E-state index in [4.69, 9.17) is 15.6 Å². The van der Waals surface area contributed by atoms with Gasteiger partial charge in [-0.25, -0.2) is 14.6 Å².